The van der Waals surface area contributed by atoms with Crippen LogP contribution in [-0.4, -0.2) is 29.1 Å². The van der Waals surface area contributed by atoms with Crippen molar-refractivity contribution in [2.75, 3.05) is 13.1 Å². The maximum Gasteiger partial charge on any atom is 0.216 e. The molecule has 0 aliphatic carbocycles. The van der Waals surface area contributed by atoms with Crippen LogP contribution in [0, 0.1) is 0 Å². The fraction of sp³-hybridized carbons (Fsp3) is 0.529. The predicted octanol–water partition coefficient (Wildman–Crippen LogP) is 3.48. The van der Waals surface area contributed by atoms with Crippen LogP contribution in [0.25, 0.3) is 0 Å². The standard InChI is InChI=1S/C17H25ClN4O2S/c1-5-19-16(21-8-11(23)12-6-7-14(18)25-12)22-10-15-20-9-13(24-15)17(2,3)4/h6-7,9,11,23H,5,8,10H2,1-4H3,(H2,19,21,22). The van der Waals surface area contributed by atoms with Crippen molar-refractivity contribution in [2.24, 2.45) is 4.99 Å². The number of aliphatic imine (C=N–C) groups is 1. The Morgan fingerprint density at radius 1 is 1.40 bits per heavy atom. The summed E-state index contributed by atoms with van der Waals surface area (Å²) >= 11 is 7.27. The number of nitrogens with one attached hydrogen (secondary N) is 2. The normalized spacial score (nSPS) is 13.8. The van der Waals surface area contributed by atoms with Crippen molar-refractivity contribution in [1.29, 1.82) is 0 Å². The summed E-state index contributed by atoms with van der Waals surface area (Å²) in [6, 6.07) is 3.60. The van der Waals surface area contributed by atoms with Gasteiger partial charge in [-0.25, -0.2) is 9.98 Å². The number of aromatic nitrogens is 1. The minimum absolute atomic E-state index is 0.0796. The molecule has 3 N–H and O–H groups in total. The molecule has 1 atom stereocenters. The van der Waals surface area contributed by atoms with E-state index < -0.39 is 6.10 Å². The van der Waals surface area contributed by atoms with Crippen molar-refractivity contribution in [2.45, 2.75) is 45.8 Å². The van der Waals surface area contributed by atoms with Crippen LogP contribution in [0.1, 0.15) is 50.3 Å². The van der Waals surface area contributed by atoms with Gasteiger partial charge in [-0.1, -0.05) is 32.4 Å². The Kier molecular flexibility index (Phi) is 6.87. The van der Waals surface area contributed by atoms with Crippen LogP contribution in [0.15, 0.2) is 27.7 Å². The van der Waals surface area contributed by atoms with E-state index in [0.29, 0.717) is 35.8 Å². The minimum Gasteiger partial charge on any atom is -0.443 e. The number of aliphatic hydroxyl groups excluding tert-OH is 1. The van der Waals surface area contributed by atoms with Crippen LogP contribution < -0.4 is 10.6 Å². The lowest BCUT2D eigenvalue weighted by molar-refractivity contribution is 0.184. The summed E-state index contributed by atoms with van der Waals surface area (Å²) in [7, 11) is 0. The lowest BCUT2D eigenvalue weighted by Crippen LogP contribution is -2.39. The van der Waals surface area contributed by atoms with E-state index in [9.17, 15) is 5.11 Å². The molecule has 1 unspecified atom stereocenters. The molecule has 0 spiro atoms. The lowest BCUT2D eigenvalue weighted by atomic mass is 9.94. The third-order valence-electron chi connectivity index (χ3n) is 3.39. The Hall–Kier alpha value is -1.57. The number of oxazole rings is 1. The number of guanidine groups is 1. The van der Waals surface area contributed by atoms with Crippen molar-refractivity contribution in [3.63, 3.8) is 0 Å². The molecule has 0 saturated carbocycles. The molecule has 6 nitrogen and oxygen atoms in total. The van der Waals surface area contributed by atoms with Crippen molar-refractivity contribution in [3.05, 3.63) is 39.2 Å². The molecule has 0 radical (unpaired) electrons. The van der Waals surface area contributed by atoms with E-state index >= 15 is 0 Å². The van der Waals surface area contributed by atoms with Crippen molar-refractivity contribution in [1.82, 2.24) is 15.6 Å². The van der Waals surface area contributed by atoms with Crippen LogP contribution in [0.4, 0.5) is 0 Å². The summed E-state index contributed by atoms with van der Waals surface area (Å²) in [5.74, 6) is 1.99. The second kappa shape index (κ2) is 8.69. The molecule has 8 heteroatoms. The first-order chi connectivity index (χ1) is 11.8. The Bertz CT molecular complexity index is 706. The molecule has 138 valence electrons. The Morgan fingerprint density at radius 2 is 2.16 bits per heavy atom. The van der Waals surface area contributed by atoms with E-state index in [2.05, 4.69) is 41.4 Å². The molecular formula is C17H25ClN4O2S. The van der Waals surface area contributed by atoms with E-state index in [1.165, 1.54) is 11.3 Å². The maximum absolute atomic E-state index is 10.2. The second-order valence-corrected chi connectivity index (χ2v) is 8.35. The van der Waals surface area contributed by atoms with Gasteiger partial charge in [0.1, 0.15) is 18.4 Å². The number of hydrogen-bond acceptors (Lipinski definition) is 5. The summed E-state index contributed by atoms with van der Waals surface area (Å²) < 4.78 is 6.40. The molecule has 2 aromatic heterocycles. The summed E-state index contributed by atoms with van der Waals surface area (Å²) in [4.78, 5) is 9.54. The zero-order valence-corrected chi connectivity index (χ0v) is 16.5. The maximum atomic E-state index is 10.2. The fourth-order valence-corrected chi connectivity index (χ4v) is 3.07. The van der Waals surface area contributed by atoms with Crippen LogP contribution in [0.3, 0.4) is 0 Å². The van der Waals surface area contributed by atoms with Gasteiger partial charge in [-0.2, -0.15) is 0 Å². The number of thiophene rings is 1. The summed E-state index contributed by atoms with van der Waals surface area (Å²) in [6.07, 6.45) is 1.10. The molecule has 2 aromatic rings. The van der Waals surface area contributed by atoms with E-state index in [4.69, 9.17) is 16.0 Å². The van der Waals surface area contributed by atoms with Gasteiger partial charge < -0.3 is 20.2 Å². The van der Waals surface area contributed by atoms with E-state index in [-0.39, 0.29) is 5.41 Å². The molecule has 0 aliphatic rings. The van der Waals surface area contributed by atoms with Gasteiger partial charge in [0.15, 0.2) is 5.96 Å². The smallest absolute Gasteiger partial charge is 0.216 e. The average molecular weight is 385 g/mol. The van der Waals surface area contributed by atoms with Gasteiger partial charge in [-0.3, -0.25) is 0 Å². The number of aliphatic hydroxyl groups is 1. The van der Waals surface area contributed by atoms with Gasteiger partial charge in [0.2, 0.25) is 5.89 Å². The molecule has 0 aromatic carbocycles. The molecule has 25 heavy (non-hydrogen) atoms. The Balaban J connectivity index is 1.94. The van der Waals surface area contributed by atoms with Gasteiger partial charge in [0.05, 0.1) is 10.5 Å². The first kappa shape index (κ1) is 19.8. The topological polar surface area (TPSA) is 82.7 Å². The van der Waals surface area contributed by atoms with Crippen LogP contribution >= 0.6 is 22.9 Å². The number of hydrogen-bond donors (Lipinski definition) is 3. The molecule has 0 saturated heterocycles. The van der Waals surface area contributed by atoms with Crippen LogP contribution in [0.5, 0.6) is 0 Å². The highest BCUT2D eigenvalue weighted by Gasteiger charge is 2.19. The van der Waals surface area contributed by atoms with Crippen LogP contribution in [-0.2, 0) is 12.0 Å². The quantitative estimate of drug-likeness (QED) is 0.524. The van der Waals surface area contributed by atoms with Gasteiger partial charge in [-0.05, 0) is 19.1 Å². The third-order valence-corrected chi connectivity index (χ3v) is 4.73. The molecule has 0 bridgehead atoms. The van der Waals surface area contributed by atoms with Gasteiger partial charge in [0, 0.05) is 23.4 Å². The number of nitrogens with zero attached hydrogens (tertiary/aromatic N) is 2. The van der Waals surface area contributed by atoms with Gasteiger partial charge in [0.25, 0.3) is 0 Å². The lowest BCUT2D eigenvalue weighted by Gasteiger charge is -2.14. The van der Waals surface area contributed by atoms with Crippen LogP contribution in [0.2, 0.25) is 4.34 Å². The highest BCUT2D eigenvalue weighted by atomic mass is 35.5. The van der Waals surface area contributed by atoms with Crippen molar-refractivity contribution in [3.8, 4) is 0 Å². The predicted molar refractivity (Wildman–Crippen MR) is 102 cm³/mol. The molecule has 2 heterocycles. The first-order valence-corrected chi connectivity index (χ1v) is 9.39. The highest BCUT2D eigenvalue weighted by molar-refractivity contribution is 7.16. The third kappa shape index (κ3) is 6.02. The fourth-order valence-electron chi connectivity index (χ4n) is 2.02. The summed E-state index contributed by atoms with van der Waals surface area (Å²) in [5, 5.41) is 16.5. The Morgan fingerprint density at radius 3 is 2.72 bits per heavy atom. The monoisotopic (exact) mass is 384 g/mol. The average Bonchev–Trinajstić information content (AvgIpc) is 3.18. The zero-order valence-electron chi connectivity index (χ0n) is 15.0. The minimum atomic E-state index is -0.643. The van der Waals surface area contributed by atoms with E-state index in [1.807, 2.05) is 13.0 Å². The molecule has 0 fully saturated rings. The summed E-state index contributed by atoms with van der Waals surface area (Å²) in [5.41, 5.74) is -0.0796. The second-order valence-electron chi connectivity index (χ2n) is 6.60. The molecule has 2 rings (SSSR count). The molecular weight excluding hydrogens is 360 g/mol. The SMILES string of the molecule is CCNC(=NCc1ncc(C(C)(C)C)o1)NCC(O)c1ccc(Cl)s1. The number of halogens is 1. The largest absolute Gasteiger partial charge is 0.443 e. The molecule has 0 amide bonds. The van der Waals surface area contributed by atoms with Crippen molar-refractivity contribution < 1.29 is 9.52 Å². The zero-order chi connectivity index (χ0) is 18.4. The summed E-state index contributed by atoms with van der Waals surface area (Å²) in [6.45, 7) is 9.58. The van der Waals surface area contributed by atoms with Gasteiger partial charge >= 0.3 is 0 Å². The molecule has 0 aliphatic heterocycles. The number of rotatable bonds is 6. The van der Waals surface area contributed by atoms with E-state index in [1.54, 1.807) is 12.3 Å². The first-order valence-electron chi connectivity index (χ1n) is 8.20. The highest BCUT2D eigenvalue weighted by Crippen LogP contribution is 2.26. The Labute approximate surface area is 157 Å². The van der Waals surface area contributed by atoms with Gasteiger partial charge in [-0.15, -0.1) is 11.3 Å². The van der Waals surface area contributed by atoms with Crippen molar-refractivity contribution >= 4 is 28.9 Å². The van der Waals surface area contributed by atoms with E-state index in [0.717, 1.165) is 10.6 Å².